The first-order chi connectivity index (χ1) is 5.04. The molecule has 0 spiro atoms. The Morgan fingerprint density at radius 2 is 2.18 bits per heavy atom. The summed E-state index contributed by atoms with van der Waals surface area (Å²) >= 11 is 0. The second kappa shape index (κ2) is 4.79. The lowest BCUT2D eigenvalue weighted by atomic mass is 10.3. The zero-order valence-corrected chi connectivity index (χ0v) is 5.81. The Morgan fingerprint density at radius 1 is 1.64 bits per heavy atom. The van der Waals surface area contributed by atoms with Crippen molar-refractivity contribution in [2.75, 3.05) is 13.1 Å². The third kappa shape index (κ3) is 5.47. The lowest BCUT2D eigenvalue weighted by Crippen LogP contribution is -2.25. The van der Waals surface area contributed by atoms with Crippen molar-refractivity contribution >= 4 is 5.97 Å². The molecule has 2 N–H and O–H groups in total. The number of carbonyl (C=O) groups is 1. The molecule has 0 rings (SSSR count). The van der Waals surface area contributed by atoms with Gasteiger partial charge in [0.15, 0.2) is 0 Å². The second-order valence-corrected chi connectivity index (χ2v) is 1.93. The summed E-state index contributed by atoms with van der Waals surface area (Å²) in [5.41, 5.74) is -0.120. The number of halogens is 2. The Labute approximate surface area is 62.7 Å². The van der Waals surface area contributed by atoms with Gasteiger partial charge in [-0.25, -0.2) is 13.6 Å². The molecular weight excluding hydrogens is 156 g/mol. The summed E-state index contributed by atoms with van der Waals surface area (Å²) in [6.07, 6.45) is -2.46. The minimum Gasteiger partial charge on any atom is -0.478 e. The zero-order chi connectivity index (χ0) is 8.85. The molecule has 0 aliphatic heterocycles. The van der Waals surface area contributed by atoms with Gasteiger partial charge in [0.25, 0.3) is 6.43 Å². The van der Waals surface area contributed by atoms with E-state index in [0.29, 0.717) is 0 Å². The maximum atomic E-state index is 11.4. The van der Waals surface area contributed by atoms with E-state index in [0.717, 1.165) is 0 Å². The van der Waals surface area contributed by atoms with E-state index in [1.54, 1.807) is 0 Å². The fraction of sp³-hybridized carbons (Fsp3) is 0.500. The van der Waals surface area contributed by atoms with E-state index in [-0.39, 0.29) is 12.1 Å². The van der Waals surface area contributed by atoms with Crippen molar-refractivity contribution < 1.29 is 18.7 Å². The first kappa shape index (κ1) is 10.0. The van der Waals surface area contributed by atoms with Crippen LogP contribution < -0.4 is 5.32 Å². The van der Waals surface area contributed by atoms with Crippen LogP contribution in [0.15, 0.2) is 12.2 Å². The van der Waals surface area contributed by atoms with Crippen LogP contribution in [-0.2, 0) is 4.79 Å². The number of carboxylic acids is 1. The molecule has 5 heteroatoms. The standard InChI is InChI=1S/C6H9F2NO2/c1-4(6(10)11)2-9-3-5(7)8/h5,9H,1-3H2,(H,10,11). The highest BCUT2D eigenvalue weighted by Crippen LogP contribution is 1.90. The van der Waals surface area contributed by atoms with Crippen molar-refractivity contribution in [3.63, 3.8) is 0 Å². The van der Waals surface area contributed by atoms with Gasteiger partial charge in [-0.1, -0.05) is 6.58 Å². The van der Waals surface area contributed by atoms with Crippen molar-refractivity contribution in [3.8, 4) is 0 Å². The van der Waals surface area contributed by atoms with Crippen molar-refractivity contribution in [2.45, 2.75) is 6.43 Å². The van der Waals surface area contributed by atoms with Crippen LogP contribution in [0.4, 0.5) is 8.78 Å². The summed E-state index contributed by atoms with van der Waals surface area (Å²) in [6, 6.07) is 0. The van der Waals surface area contributed by atoms with Gasteiger partial charge >= 0.3 is 5.97 Å². The molecule has 3 nitrogen and oxygen atoms in total. The smallest absolute Gasteiger partial charge is 0.332 e. The van der Waals surface area contributed by atoms with Crippen LogP contribution in [0, 0.1) is 0 Å². The summed E-state index contributed by atoms with van der Waals surface area (Å²) < 4.78 is 22.9. The number of aliphatic carboxylic acids is 1. The number of alkyl halides is 2. The Bertz CT molecular complexity index is 159. The molecule has 0 aromatic rings. The van der Waals surface area contributed by atoms with Crippen LogP contribution in [-0.4, -0.2) is 30.6 Å². The minimum atomic E-state index is -2.46. The third-order valence-corrected chi connectivity index (χ3v) is 0.939. The van der Waals surface area contributed by atoms with Crippen LogP contribution in [0.2, 0.25) is 0 Å². The second-order valence-electron chi connectivity index (χ2n) is 1.93. The molecule has 0 fully saturated rings. The van der Waals surface area contributed by atoms with Gasteiger partial charge in [0.05, 0.1) is 6.54 Å². The number of hydrogen-bond acceptors (Lipinski definition) is 2. The number of nitrogens with one attached hydrogen (secondary N) is 1. The third-order valence-electron chi connectivity index (χ3n) is 0.939. The Balaban J connectivity index is 3.40. The molecule has 64 valence electrons. The highest BCUT2D eigenvalue weighted by atomic mass is 19.3. The molecule has 0 aliphatic carbocycles. The SMILES string of the molecule is C=C(CNCC(F)F)C(=O)O. The topological polar surface area (TPSA) is 49.3 Å². The van der Waals surface area contributed by atoms with Crippen LogP contribution in [0.5, 0.6) is 0 Å². The molecule has 0 saturated heterocycles. The number of rotatable bonds is 5. The van der Waals surface area contributed by atoms with Crippen LogP contribution >= 0.6 is 0 Å². The predicted molar refractivity (Wildman–Crippen MR) is 35.6 cm³/mol. The summed E-state index contributed by atoms with van der Waals surface area (Å²) in [6.45, 7) is 2.53. The van der Waals surface area contributed by atoms with E-state index in [4.69, 9.17) is 5.11 Å². The van der Waals surface area contributed by atoms with Gasteiger partial charge in [0.2, 0.25) is 0 Å². The summed E-state index contributed by atoms with van der Waals surface area (Å²) in [7, 11) is 0. The molecule has 0 atom stereocenters. The van der Waals surface area contributed by atoms with Crippen molar-refractivity contribution in [3.05, 3.63) is 12.2 Å². The van der Waals surface area contributed by atoms with Gasteiger partial charge in [-0.15, -0.1) is 0 Å². The van der Waals surface area contributed by atoms with Crippen molar-refractivity contribution in [1.29, 1.82) is 0 Å². The summed E-state index contributed by atoms with van der Waals surface area (Å²) in [5.74, 6) is -1.17. The van der Waals surface area contributed by atoms with Gasteiger partial charge in [-0.2, -0.15) is 0 Å². The molecule has 0 saturated carbocycles. The van der Waals surface area contributed by atoms with Gasteiger partial charge in [-0.3, -0.25) is 0 Å². The average molecular weight is 165 g/mol. The molecule has 11 heavy (non-hydrogen) atoms. The molecular formula is C6H9F2NO2. The maximum Gasteiger partial charge on any atom is 0.332 e. The molecule has 0 aliphatic rings. The fourth-order valence-corrected chi connectivity index (χ4v) is 0.408. The predicted octanol–water partition coefficient (Wildman–Crippen LogP) is 0.482. The minimum absolute atomic E-state index is 0.111. The first-order valence-electron chi connectivity index (χ1n) is 2.94. The Hall–Kier alpha value is -0.970. The lowest BCUT2D eigenvalue weighted by molar-refractivity contribution is -0.132. The molecule has 0 bridgehead atoms. The molecule has 0 unspecified atom stereocenters. The maximum absolute atomic E-state index is 11.4. The highest BCUT2D eigenvalue weighted by molar-refractivity contribution is 5.86. The van der Waals surface area contributed by atoms with Gasteiger partial charge in [0.1, 0.15) is 0 Å². The lowest BCUT2D eigenvalue weighted by Gasteiger charge is -2.02. The van der Waals surface area contributed by atoms with Crippen LogP contribution in [0.3, 0.4) is 0 Å². The summed E-state index contributed by atoms with van der Waals surface area (Å²) in [4.78, 5) is 10.0. The molecule has 0 amide bonds. The molecule has 0 heterocycles. The van der Waals surface area contributed by atoms with Gasteiger partial charge in [0, 0.05) is 12.1 Å². The van der Waals surface area contributed by atoms with Gasteiger partial charge in [-0.05, 0) is 0 Å². The number of carboxylic acid groups (broad SMARTS) is 1. The van der Waals surface area contributed by atoms with E-state index >= 15 is 0 Å². The fourth-order valence-electron chi connectivity index (χ4n) is 0.408. The largest absolute Gasteiger partial charge is 0.478 e. The van der Waals surface area contributed by atoms with E-state index < -0.39 is 18.9 Å². The normalized spacial score (nSPS) is 10.1. The van der Waals surface area contributed by atoms with E-state index in [1.807, 2.05) is 0 Å². The monoisotopic (exact) mass is 165 g/mol. The van der Waals surface area contributed by atoms with E-state index in [9.17, 15) is 13.6 Å². The first-order valence-corrected chi connectivity index (χ1v) is 2.94. The molecule has 0 radical (unpaired) electrons. The van der Waals surface area contributed by atoms with E-state index in [2.05, 4.69) is 11.9 Å². The van der Waals surface area contributed by atoms with Crippen LogP contribution in [0.1, 0.15) is 0 Å². The zero-order valence-electron chi connectivity index (χ0n) is 5.81. The quantitative estimate of drug-likeness (QED) is 0.582. The molecule has 0 aromatic carbocycles. The molecule has 0 aromatic heterocycles. The number of hydrogen-bond donors (Lipinski definition) is 2. The van der Waals surface area contributed by atoms with Crippen molar-refractivity contribution in [1.82, 2.24) is 5.32 Å². The Kier molecular flexibility index (Phi) is 4.36. The van der Waals surface area contributed by atoms with Crippen LogP contribution in [0.25, 0.3) is 0 Å². The average Bonchev–Trinajstić information content (AvgIpc) is 1.86. The van der Waals surface area contributed by atoms with Crippen molar-refractivity contribution in [2.24, 2.45) is 0 Å². The Morgan fingerprint density at radius 3 is 2.55 bits per heavy atom. The van der Waals surface area contributed by atoms with E-state index in [1.165, 1.54) is 0 Å². The highest BCUT2D eigenvalue weighted by Gasteiger charge is 2.05. The summed E-state index contributed by atoms with van der Waals surface area (Å²) in [5, 5.41) is 10.5. The van der Waals surface area contributed by atoms with Gasteiger partial charge < -0.3 is 10.4 Å².